The second kappa shape index (κ2) is 9.64. The van der Waals surface area contributed by atoms with E-state index in [4.69, 9.17) is 4.98 Å². The van der Waals surface area contributed by atoms with Crippen LogP contribution in [0.4, 0.5) is 14.5 Å². The van der Waals surface area contributed by atoms with Crippen LogP contribution in [-0.2, 0) is 4.79 Å². The summed E-state index contributed by atoms with van der Waals surface area (Å²) in [5.41, 5.74) is 3.92. The van der Waals surface area contributed by atoms with E-state index in [0.29, 0.717) is 67.9 Å². The van der Waals surface area contributed by atoms with Gasteiger partial charge in [0.15, 0.2) is 5.82 Å². The summed E-state index contributed by atoms with van der Waals surface area (Å²) in [7, 11) is 0. The van der Waals surface area contributed by atoms with Gasteiger partial charge in [-0.25, -0.2) is 13.8 Å². The van der Waals surface area contributed by atoms with E-state index in [2.05, 4.69) is 30.5 Å². The molecule has 0 aliphatic heterocycles. The minimum absolute atomic E-state index is 0.145. The van der Waals surface area contributed by atoms with Crippen LogP contribution in [0.2, 0.25) is 0 Å². The number of nitrogens with one attached hydrogen (secondary N) is 3. The molecule has 10 heteroatoms. The minimum atomic E-state index is -0.474. The zero-order valence-corrected chi connectivity index (χ0v) is 22.0. The molecule has 0 spiro atoms. The lowest BCUT2D eigenvalue weighted by molar-refractivity contribution is -0.117. The maximum atomic E-state index is 15.2. The molecule has 1 amide bonds. The highest BCUT2D eigenvalue weighted by Crippen LogP contribution is 2.34. The van der Waals surface area contributed by atoms with Crippen LogP contribution in [0.5, 0.6) is 0 Å². The molecule has 0 unspecified atom stereocenters. The molecule has 0 radical (unpaired) electrons. The molecule has 0 saturated carbocycles. The van der Waals surface area contributed by atoms with Gasteiger partial charge in [0.2, 0.25) is 5.91 Å². The number of amides is 1. The predicted octanol–water partition coefficient (Wildman–Crippen LogP) is 6.88. The number of H-pyrrole nitrogens is 2. The number of carbonyl (C=O) groups excluding carboxylic acids is 1. The molecule has 0 aliphatic rings. The molecule has 6 aromatic rings. The van der Waals surface area contributed by atoms with Gasteiger partial charge in [0.25, 0.3) is 0 Å². The van der Waals surface area contributed by atoms with Crippen LogP contribution in [0.15, 0.2) is 67.1 Å². The van der Waals surface area contributed by atoms with Gasteiger partial charge in [-0.2, -0.15) is 5.10 Å². The molecule has 0 aliphatic carbocycles. The summed E-state index contributed by atoms with van der Waals surface area (Å²) >= 11 is 0. The lowest BCUT2D eigenvalue weighted by Gasteiger charge is -2.17. The maximum absolute atomic E-state index is 15.2. The van der Waals surface area contributed by atoms with E-state index in [1.165, 1.54) is 24.5 Å². The lowest BCUT2D eigenvalue weighted by atomic mass is 9.92. The first-order chi connectivity index (χ1) is 19.2. The topological polar surface area (TPSA) is 112 Å². The van der Waals surface area contributed by atoms with E-state index in [1.807, 2.05) is 20.8 Å². The van der Waals surface area contributed by atoms with Gasteiger partial charge in [-0.05, 0) is 35.7 Å². The number of rotatable bonds is 5. The fourth-order valence-corrected chi connectivity index (χ4v) is 4.68. The molecular weight excluding hydrogens is 512 g/mol. The lowest BCUT2D eigenvalue weighted by Crippen LogP contribution is -2.19. The number of carbonyl (C=O) groups is 1. The number of benzene rings is 2. The highest BCUT2D eigenvalue weighted by molar-refractivity contribution is 5.98. The van der Waals surface area contributed by atoms with Gasteiger partial charge in [-0.1, -0.05) is 32.9 Å². The molecule has 0 fully saturated rings. The SMILES string of the molecule is CC(C)(C)CC(=O)Nc1cncc(-c2cc3c(-c4nc5c(-c6ccccc6F)nccc5[nH]4)n[nH]c3cc2F)c1. The number of anilines is 1. The molecule has 40 heavy (non-hydrogen) atoms. The van der Waals surface area contributed by atoms with Gasteiger partial charge in [0, 0.05) is 47.0 Å². The quantitative estimate of drug-likeness (QED) is 0.222. The van der Waals surface area contributed by atoms with Crippen LogP contribution >= 0.6 is 0 Å². The second-order valence-corrected chi connectivity index (χ2v) is 10.8. The Morgan fingerprint density at radius 3 is 2.58 bits per heavy atom. The monoisotopic (exact) mass is 537 g/mol. The largest absolute Gasteiger partial charge is 0.336 e. The van der Waals surface area contributed by atoms with Gasteiger partial charge < -0.3 is 10.3 Å². The van der Waals surface area contributed by atoms with Gasteiger partial charge >= 0.3 is 0 Å². The Kier molecular flexibility index (Phi) is 6.10. The van der Waals surface area contributed by atoms with Crippen molar-refractivity contribution >= 4 is 33.5 Å². The molecule has 200 valence electrons. The number of nitrogens with zero attached hydrogens (tertiary/aromatic N) is 4. The Bertz CT molecular complexity index is 1900. The van der Waals surface area contributed by atoms with Crippen LogP contribution < -0.4 is 5.32 Å². The van der Waals surface area contributed by atoms with Crippen molar-refractivity contribution in [1.82, 2.24) is 30.1 Å². The van der Waals surface area contributed by atoms with Crippen molar-refractivity contribution in [3.8, 4) is 33.9 Å². The third kappa shape index (κ3) is 4.79. The number of hydrogen-bond donors (Lipinski definition) is 3. The Morgan fingerprint density at radius 1 is 0.950 bits per heavy atom. The number of aromatic amines is 2. The van der Waals surface area contributed by atoms with E-state index in [9.17, 15) is 9.18 Å². The number of halogens is 2. The first-order valence-corrected chi connectivity index (χ1v) is 12.7. The van der Waals surface area contributed by atoms with Crippen molar-refractivity contribution in [2.75, 3.05) is 5.32 Å². The van der Waals surface area contributed by atoms with Gasteiger partial charge in [0.05, 0.1) is 22.9 Å². The highest BCUT2D eigenvalue weighted by atomic mass is 19.1. The summed E-state index contributed by atoms with van der Waals surface area (Å²) < 4.78 is 29.8. The molecule has 6 rings (SSSR count). The highest BCUT2D eigenvalue weighted by Gasteiger charge is 2.20. The van der Waals surface area contributed by atoms with Crippen LogP contribution in [0.1, 0.15) is 27.2 Å². The molecule has 0 atom stereocenters. The first kappa shape index (κ1) is 25.3. The van der Waals surface area contributed by atoms with E-state index in [1.54, 1.807) is 42.6 Å². The molecule has 4 heterocycles. The second-order valence-electron chi connectivity index (χ2n) is 10.8. The Labute approximate surface area is 227 Å². The molecule has 8 nitrogen and oxygen atoms in total. The number of hydrogen-bond acceptors (Lipinski definition) is 5. The van der Waals surface area contributed by atoms with E-state index < -0.39 is 11.6 Å². The number of fused-ring (bicyclic) bond motifs is 2. The Balaban J connectivity index is 1.40. The minimum Gasteiger partial charge on any atom is -0.336 e. The third-order valence-corrected chi connectivity index (χ3v) is 6.43. The van der Waals surface area contributed by atoms with Crippen molar-refractivity contribution < 1.29 is 13.6 Å². The summed E-state index contributed by atoms with van der Waals surface area (Å²) in [6.07, 6.45) is 4.99. The van der Waals surface area contributed by atoms with Crippen molar-refractivity contribution in [3.05, 3.63) is 78.8 Å². The zero-order valence-electron chi connectivity index (χ0n) is 22.0. The number of aromatic nitrogens is 6. The fraction of sp³-hybridized carbons (Fsp3) is 0.167. The van der Waals surface area contributed by atoms with Crippen molar-refractivity contribution in [2.45, 2.75) is 27.2 Å². The van der Waals surface area contributed by atoms with E-state index in [0.717, 1.165) is 0 Å². The van der Waals surface area contributed by atoms with Gasteiger partial charge in [-0.15, -0.1) is 0 Å². The van der Waals surface area contributed by atoms with E-state index >= 15 is 4.39 Å². The van der Waals surface area contributed by atoms with Crippen molar-refractivity contribution in [2.24, 2.45) is 5.41 Å². The molecule has 3 N–H and O–H groups in total. The summed E-state index contributed by atoms with van der Waals surface area (Å²) in [4.78, 5) is 29.0. The normalized spacial score (nSPS) is 11.8. The van der Waals surface area contributed by atoms with Crippen LogP contribution in [0.25, 0.3) is 55.8 Å². The first-order valence-electron chi connectivity index (χ1n) is 12.7. The summed E-state index contributed by atoms with van der Waals surface area (Å²) in [5, 5.41) is 10.7. The van der Waals surface area contributed by atoms with Crippen LogP contribution in [0.3, 0.4) is 0 Å². The summed E-state index contributed by atoms with van der Waals surface area (Å²) in [6, 6.07) is 12.9. The summed E-state index contributed by atoms with van der Waals surface area (Å²) in [6.45, 7) is 5.94. The molecular formula is C30H25F2N7O. The van der Waals surface area contributed by atoms with Crippen molar-refractivity contribution in [1.29, 1.82) is 0 Å². The van der Waals surface area contributed by atoms with Crippen molar-refractivity contribution in [3.63, 3.8) is 0 Å². The maximum Gasteiger partial charge on any atom is 0.224 e. The Hall–Kier alpha value is -4.99. The average molecular weight is 538 g/mol. The van der Waals surface area contributed by atoms with Gasteiger partial charge in [0.1, 0.15) is 28.5 Å². The molecule has 0 saturated heterocycles. The zero-order chi connectivity index (χ0) is 28.0. The van der Waals surface area contributed by atoms with Crippen LogP contribution in [0, 0.1) is 17.0 Å². The smallest absolute Gasteiger partial charge is 0.224 e. The van der Waals surface area contributed by atoms with Crippen LogP contribution in [-0.4, -0.2) is 36.0 Å². The molecule has 4 aromatic heterocycles. The van der Waals surface area contributed by atoms with Gasteiger partial charge in [-0.3, -0.25) is 19.9 Å². The number of pyridine rings is 2. The fourth-order valence-electron chi connectivity index (χ4n) is 4.68. The summed E-state index contributed by atoms with van der Waals surface area (Å²) in [5.74, 6) is -0.597. The predicted molar refractivity (Wildman–Crippen MR) is 150 cm³/mol. The van der Waals surface area contributed by atoms with E-state index in [-0.39, 0.29) is 11.3 Å². The Morgan fingerprint density at radius 2 is 1.77 bits per heavy atom. The molecule has 0 bridgehead atoms. The standard InChI is InChI=1S/C30H25F2N7O/c1-30(2,3)13-25(40)35-17-10-16(14-33-15-17)19-11-20-24(12-22(19)32)38-39-27(20)29-36-23-8-9-34-26(28(23)37-29)18-6-4-5-7-21(18)31/h4-12,14-15H,13H2,1-3H3,(H,35,40)(H,36,37)(H,38,39). The molecule has 2 aromatic carbocycles. The third-order valence-electron chi connectivity index (χ3n) is 6.43. The number of imidazole rings is 1. The average Bonchev–Trinajstić information content (AvgIpc) is 3.51.